The lowest BCUT2D eigenvalue weighted by atomic mass is 10.1. The standard InChI is InChI=1S/C18H19NO4/c20-17(19-11-10-14(12-19)18(21)22)9-7-15-6-8-16(23-15)13-4-2-1-3-5-13/h1-6,8,14H,7,9-12H2,(H,21,22)/t14-/m1/s1. The van der Waals surface area contributed by atoms with Crippen LogP contribution in [0.1, 0.15) is 18.6 Å². The van der Waals surface area contributed by atoms with Gasteiger partial charge in [-0.05, 0) is 18.6 Å². The molecule has 1 N–H and O–H groups in total. The van der Waals surface area contributed by atoms with E-state index < -0.39 is 11.9 Å². The van der Waals surface area contributed by atoms with Crippen molar-refractivity contribution in [2.24, 2.45) is 5.92 Å². The summed E-state index contributed by atoms with van der Waals surface area (Å²) in [4.78, 5) is 24.7. The predicted molar refractivity (Wildman–Crippen MR) is 84.8 cm³/mol. The number of nitrogens with zero attached hydrogens (tertiary/aromatic N) is 1. The molecule has 0 unspecified atom stereocenters. The number of amides is 1. The van der Waals surface area contributed by atoms with Crippen LogP contribution in [0, 0.1) is 5.92 Å². The fourth-order valence-corrected chi connectivity index (χ4v) is 2.85. The number of carboxylic acids is 1. The first-order valence-corrected chi connectivity index (χ1v) is 7.78. The van der Waals surface area contributed by atoms with Crippen molar-refractivity contribution in [3.8, 4) is 11.3 Å². The molecule has 1 fully saturated rings. The molecule has 1 atom stereocenters. The summed E-state index contributed by atoms with van der Waals surface area (Å²) in [5.41, 5.74) is 1.01. The smallest absolute Gasteiger partial charge is 0.308 e. The first kappa shape index (κ1) is 15.3. The maximum Gasteiger partial charge on any atom is 0.308 e. The summed E-state index contributed by atoms with van der Waals surface area (Å²) in [6, 6.07) is 13.6. The molecule has 1 saturated heterocycles. The average Bonchev–Trinajstić information content (AvgIpc) is 3.23. The van der Waals surface area contributed by atoms with Crippen LogP contribution in [0.4, 0.5) is 0 Å². The molecule has 0 radical (unpaired) electrons. The van der Waals surface area contributed by atoms with E-state index in [2.05, 4.69) is 0 Å². The minimum atomic E-state index is -0.821. The second kappa shape index (κ2) is 6.69. The Bertz CT molecular complexity index is 692. The van der Waals surface area contributed by atoms with Gasteiger partial charge >= 0.3 is 5.97 Å². The second-order valence-corrected chi connectivity index (χ2v) is 5.80. The number of aliphatic carboxylic acids is 1. The van der Waals surface area contributed by atoms with Gasteiger partial charge in [0.2, 0.25) is 5.91 Å². The highest BCUT2D eigenvalue weighted by Crippen LogP contribution is 2.23. The van der Waals surface area contributed by atoms with Gasteiger partial charge < -0.3 is 14.4 Å². The van der Waals surface area contributed by atoms with Crippen LogP contribution >= 0.6 is 0 Å². The van der Waals surface area contributed by atoms with Crippen LogP contribution < -0.4 is 0 Å². The van der Waals surface area contributed by atoms with E-state index in [1.54, 1.807) is 4.90 Å². The van der Waals surface area contributed by atoms with Crippen LogP contribution in [-0.2, 0) is 16.0 Å². The van der Waals surface area contributed by atoms with Crippen molar-refractivity contribution in [1.82, 2.24) is 4.90 Å². The van der Waals surface area contributed by atoms with Crippen LogP contribution in [0.25, 0.3) is 11.3 Å². The monoisotopic (exact) mass is 313 g/mol. The van der Waals surface area contributed by atoms with Crippen molar-refractivity contribution >= 4 is 11.9 Å². The number of hydrogen-bond donors (Lipinski definition) is 1. The van der Waals surface area contributed by atoms with Gasteiger partial charge in [0.25, 0.3) is 0 Å². The van der Waals surface area contributed by atoms with Crippen LogP contribution in [0.15, 0.2) is 46.9 Å². The molecule has 0 saturated carbocycles. The first-order valence-electron chi connectivity index (χ1n) is 7.78. The van der Waals surface area contributed by atoms with E-state index in [1.807, 2.05) is 42.5 Å². The zero-order valence-corrected chi connectivity index (χ0v) is 12.8. The molecule has 120 valence electrons. The molecule has 0 bridgehead atoms. The zero-order valence-electron chi connectivity index (χ0n) is 12.8. The largest absolute Gasteiger partial charge is 0.481 e. The van der Waals surface area contributed by atoms with Gasteiger partial charge in [-0.15, -0.1) is 0 Å². The van der Waals surface area contributed by atoms with Gasteiger partial charge in [0.1, 0.15) is 11.5 Å². The fraction of sp³-hybridized carbons (Fsp3) is 0.333. The molecular formula is C18H19NO4. The summed E-state index contributed by atoms with van der Waals surface area (Å²) >= 11 is 0. The number of likely N-dealkylation sites (tertiary alicyclic amines) is 1. The quantitative estimate of drug-likeness (QED) is 0.921. The molecule has 5 nitrogen and oxygen atoms in total. The van der Waals surface area contributed by atoms with E-state index in [0.717, 1.165) is 17.1 Å². The Hall–Kier alpha value is -2.56. The van der Waals surface area contributed by atoms with Crippen molar-refractivity contribution in [2.45, 2.75) is 19.3 Å². The molecule has 1 aromatic heterocycles. The highest BCUT2D eigenvalue weighted by molar-refractivity contribution is 5.78. The molecular weight excluding hydrogens is 294 g/mol. The van der Waals surface area contributed by atoms with E-state index in [0.29, 0.717) is 32.4 Å². The molecule has 1 aliphatic heterocycles. The van der Waals surface area contributed by atoms with Gasteiger partial charge in [-0.3, -0.25) is 9.59 Å². The minimum Gasteiger partial charge on any atom is -0.481 e. The van der Waals surface area contributed by atoms with Gasteiger partial charge in [0.05, 0.1) is 5.92 Å². The number of carbonyl (C=O) groups excluding carboxylic acids is 1. The Balaban J connectivity index is 1.54. The summed E-state index contributed by atoms with van der Waals surface area (Å²) < 4.78 is 5.78. The topological polar surface area (TPSA) is 70.8 Å². The average molecular weight is 313 g/mol. The molecule has 0 spiro atoms. The number of aryl methyl sites for hydroxylation is 1. The summed E-state index contributed by atoms with van der Waals surface area (Å²) in [5.74, 6) is 0.309. The summed E-state index contributed by atoms with van der Waals surface area (Å²) in [6.07, 6.45) is 1.41. The summed E-state index contributed by atoms with van der Waals surface area (Å²) in [7, 11) is 0. The third-order valence-electron chi connectivity index (χ3n) is 4.20. The van der Waals surface area contributed by atoms with Gasteiger partial charge in [0, 0.05) is 31.5 Å². The number of furan rings is 1. The Morgan fingerprint density at radius 3 is 2.65 bits per heavy atom. The third kappa shape index (κ3) is 3.62. The Kier molecular flexibility index (Phi) is 4.46. The van der Waals surface area contributed by atoms with Gasteiger partial charge in [-0.1, -0.05) is 30.3 Å². The number of carbonyl (C=O) groups is 2. The van der Waals surface area contributed by atoms with E-state index in [4.69, 9.17) is 9.52 Å². The number of rotatable bonds is 5. The predicted octanol–water partition coefficient (Wildman–Crippen LogP) is 2.81. The van der Waals surface area contributed by atoms with Crippen molar-refractivity contribution in [3.63, 3.8) is 0 Å². The van der Waals surface area contributed by atoms with Crippen LogP contribution in [0.2, 0.25) is 0 Å². The second-order valence-electron chi connectivity index (χ2n) is 5.80. The Morgan fingerprint density at radius 2 is 1.96 bits per heavy atom. The van der Waals surface area contributed by atoms with Gasteiger partial charge in [-0.25, -0.2) is 0 Å². The molecule has 1 aliphatic rings. The lowest BCUT2D eigenvalue weighted by Gasteiger charge is -2.15. The van der Waals surface area contributed by atoms with E-state index in [1.165, 1.54) is 0 Å². The maximum atomic E-state index is 12.2. The molecule has 0 aliphatic carbocycles. The van der Waals surface area contributed by atoms with Crippen molar-refractivity contribution in [1.29, 1.82) is 0 Å². The fourth-order valence-electron chi connectivity index (χ4n) is 2.85. The highest BCUT2D eigenvalue weighted by atomic mass is 16.4. The zero-order chi connectivity index (χ0) is 16.2. The molecule has 1 amide bonds. The van der Waals surface area contributed by atoms with E-state index in [9.17, 15) is 9.59 Å². The van der Waals surface area contributed by atoms with Crippen molar-refractivity contribution in [3.05, 3.63) is 48.2 Å². The van der Waals surface area contributed by atoms with Crippen molar-refractivity contribution in [2.75, 3.05) is 13.1 Å². The first-order chi connectivity index (χ1) is 11.1. The van der Waals surface area contributed by atoms with Gasteiger partial charge in [-0.2, -0.15) is 0 Å². The Labute approximate surface area is 134 Å². The summed E-state index contributed by atoms with van der Waals surface area (Å²) in [6.45, 7) is 0.852. The van der Waals surface area contributed by atoms with Crippen LogP contribution in [0.3, 0.4) is 0 Å². The van der Waals surface area contributed by atoms with Crippen LogP contribution in [-0.4, -0.2) is 35.0 Å². The van der Waals surface area contributed by atoms with E-state index >= 15 is 0 Å². The lowest BCUT2D eigenvalue weighted by Crippen LogP contribution is -2.30. The normalized spacial score (nSPS) is 17.4. The molecule has 3 rings (SSSR count). The van der Waals surface area contributed by atoms with Crippen LogP contribution in [0.5, 0.6) is 0 Å². The SMILES string of the molecule is O=C(O)[C@@H]1CCN(C(=O)CCc2ccc(-c3ccccc3)o2)C1. The molecule has 2 aromatic rings. The van der Waals surface area contributed by atoms with Crippen molar-refractivity contribution < 1.29 is 19.1 Å². The maximum absolute atomic E-state index is 12.2. The summed E-state index contributed by atoms with van der Waals surface area (Å²) in [5, 5.41) is 8.98. The number of hydrogen-bond acceptors (Lipinski definition) is 3. The third-order valence-corrected chi connectivity index (χ3v) is 4.20. The molecule has 1 aromatic carbocycles. The molecule has 23 heavy (non-hydrogen) atoms. The minimum absolute atomic E-state index is 0.00795. The lowest BCUT2D eigenvalue weighted by molar-refractivity contribution is -0.141. The highest BCUT2D eigenvalue weighted by Gasteiger charge is 2.30. The number of benzene rings is 1. The van der Waals surface area contributed by atoms with Gasteiger partial charge in [0.15, 0.2) is 0 Å². The number of carboxylic acid groups (broad SMARTS) is 1. The van der Waals surface area contributed by atoms with E-state index in [-0.39, 0.29) is 5.91 Å². The molecule has 5 heteroatoms. The molecule has 2 heterocycles. The Morgan fingerprint density at radius 1 is 1.17 bits per heavy atom.